The topological polar surface area (TPSA) is 82.5 Å². The number of nitrogens with one attached hydrogen (secondary N) is 1. The zero-order chi connectivity index (χ0) is 16.0. The van der Waals surface area contributed by atoms with Crippen molar-refractivity contribution in [2.24, 2.45) is 5.41 Å². The summed E-state index contributed by atoms with van der Waals surface area (Å²) in [4.78, 5) is 29.3. The molecular formula is C15H23N3O3. The number of aliphatic carboxylic acids is 1. The van der Waals surface area contributed by atoms with Crippen LogP contribution in [0.25, 0.3) is 0 Å². The molecule has 0 spiro atoms. The summed E-state index contributed by atoms with van der Waals surface area (Å²) >= 11 is 0. The van der Waals surface area contributed by atoms with Crippen molar-refractivity contribution in [1.82, 2.24) is 15.2 Å². The molecule has 0 saturated carbocycles. The second-order valence-electron chi connectivity index (χ2n) is 5.92. The summed E-state index contributed by atoms with van der Waals surface area (Å²) in [7, 11) is 0. The number of rotatable bonds is 5. The minimum Gasteiger partial charge on any atom is -0.480 e. The van der Waals surface area contributed by atoms with E-state index in [1.807, 2.05) is 19.1 Å². The quantitative estimate of drug-likeness (QED) is 0.871. The Morgan fingerprint density at radius 2 is 2.05 bits per heavy atom. The molecule has 0 bridgehead atoms. The van der Waals surface area contributed by atoms with Gasteiger partial charge in [0.15, 0.2) is 0 Å². The lowest BCUT2D eigenvalue weighted by atomic mass is 9.87. The van der Waals surface area contributed by atoms with Crippen LogP contribution in [0.3, 0.4) is 0 Å². The van der Waals surface area contributed by atoms with Crippen LogP contribution < -0.4 is 5.32 Å². The zero-order valence-corrected chi connectivity index (χ0v) is 13.0. The van der Waals surface area contributed by atoms with Crippen molar-refractivity contribution in [3.63, 3.8) is 0 Å². The lowest BCUT2D eigenvalue weighted by molar-refractivity contribution is -0.142. The third-order valence-electron chi connectivity index (χ3n) is 3.13. The normalized spacial score (nSPS) is 12.6. The van der Waals surface area contributed by atoms with Crippen LogP contribution in [0.5, 0.6) is 0 Å². The molecule has 1 aromatic heterocycles. The van der Waals surface area contributed by atoms with Gasteiger partial charge in [-0.15, -0.1) is 0 Å². The van der Waals surface area contributed by atoms with Crippen LogP contribution in [0.1, 0.15) is 33.4 Å². The maximum absolute atomic E-state index is 12.3. The summed E-state index contributed by atoms with van der Waals surface area (Å²) in [5.41, 5.74) is 0.198. The van der Waals surface area contributed by atoms with E-state index in [0.717, 1.165) is 5.69 Å². The monoisotopic (exact) mass is 293 g/mol. The van der Waals surface area contributed by atoms with Crippen molar-refractivity contribution in [3.05, 3.63) is 30.1 Å². The van der Waals surface area contributed by atoms with Crippen molar-refractivity contribution in [1.29, 1.82) is 0 Å². The fraction of sp³-hybridized carbons (Fsp3) is 0.533. The first-order valence-electron chi connectivity index (χ1n) is 6.94. The van der Waals surface area contributed by atoms with Gasteiger partial charge in [-0.25, -0.2) is 9.59 Å². The summed E-state index contributed by atoms with van der Waals surface area (Å²) < 4.78 is 0. The van der Waals surface area contributed by atoms with Gasteiger partial charge < -0.3 is 15.3 Å². The summed E-state index contributed by atoms with van der Waals surface area (Å²) in [6.07, 6.45) is 1.66. The van der Waals surface area contributed by atoms with Crippen LogP contribution in [0.4, 0.5) is 4.79 Å². The van der Waals surface area contributed by atoms with Crippen LogP contribution in [0.2, 0.25) is 0 Å². The summed E-state index contributed by atoms with van der Waals surface area (Å²) in [6, 6.07) is 4.14. The highest BCUT2D eigenvalue weighted by Crippen LogP contribution is 2.19. The number of nitrogens with zero attached hydrogens (tertiary/aromatic N) is 2. The molecule has 0 saturated heterocycles. The molecule has 1 rings (SSSR count). The zero-order valence-electron chi connectivity index (χ0n) is 13.0. The Labute approximate surface area is 125 Å². The minimum absolute atomic E-state index is 0.347. The third-order valence-corrected chi connectivity index (χ3v) is 3.13. The van der Waals surface area contributed by atoms with E-state index >= 15 is 0 Å². The van der Waals surface area contributed by atoms with E-state index in [2.05, 4.69) is 10.3 Å². The van der Waals surface area contributed by atoms with Crippen molar-refractivity contribution in [3.8, 4) is 0 Å². The number of hydrogen-bond acceptors (Lipinski definition) is 3. The van der Waals surface area contributed by atoms with Gasteiger partial charge in [0, 0.05) is 12.7 Å². The lowest BCUT2D eigenvalue weighted by Gasteiger charge is -2.30. The van der Waals surface area contributed by atoms with E-state index in [-0.39, 0.29) is 0 Å². The Morgan fingerprint density at radius 1 is 1.38 bits per heavy atom. The Kier molecular flexibility index (Phi) is 5.69. The Hall–Kier alpha value is -2.11. The minimum atomic E-state index is -1.04. The average molecular weight is 293 g/mol. The molecule has 0 aliphatic heterocycles. The maximum Gasteiger partial charge on any atom is 0.326 e. The molecule has 21 heavy (non-hydrogen) atoms. The first-order valence-corrected chi connectivity index (χ1v) is 6.94. The van der Waals surface area contributed by atoms with Crippen molar-refractivity contribution < 1.29 is 14.7 Å². The second kappa shape index (κ2) is 7.06. The number of aromatic nitrogens is 1. The van der Waals surface area contributed by atoms with Crippen molar-refractivity contribution in [2.75, 3.05) is 6.54 Å². The van der Waals surface area contributed by atoms with Gasteiger partial charge in [0.05, 0.1) is 12.2 Å². The lowest BCUT2D eigenvalue weighted by Crippen LogP contribution is -2.53. The fourth-order valence-corrected chi connectivity index (χ4v) is 1.88. The Morgan fingerprint density at radius 3 is 2.48 bits per heavy atom. The number of carboxylic acids is 1. The molecule has 2 amide bonds. The van der Waals surface area contributed by atoms with Gasteiger partial charge in [0.25, 0.3) is 0 Å². The second-order valence-corrected chi connectivity index (χ2v) is 5.92. The van der Waals surface area contributed by atoms with Gasteiger partial charge in [-0.05, 0) is 24.5 Å². The predicted molar refractivity (Wildman–Crippen MR) is 79.7 cm³/mol. The molecule has 0 aliphatic rings. The summed E-state index contributed by atoms with van der Waals surface area (Å²) in [5.74, 6) is -1.04. The first kappa shape index (κ1) is 16.9. The largest absolute Gasteiger partial charge is 0.480 e. The molecule has 0 unspecified atom stereocenters. The number of carbonyl (C=O) groups excluding carboxylic acids is 1. The molecule has 0 aromatic carbocycles. The summed E-state index contributed by atoms with van der Waals surface area (Å²) in [5, 5.41) is 11.8. The van der Waals surface area contributed by atoms with Gasteiger partial charge in [0.1, 0.15) is 6.04 Å². The molecule has 6 nitrogen and oxygen atoms in total. The number of carboxylic acid groups (broad SMARTS) is 1. The molecule has 116 valence electrons. The molecule has 2 N–H and O–H groups in total. The van der Waals surface area contributed by atoms with Gasteiger partial charge >= 0.3 is 12.0 Å². The van der Waals surface area contributed by atoms with E-state index in [0.29, 0.717) is 13.1 Å². The van der Waals surface area contributed by atoms with E-state index < -0.39 is 23.5 Å². The van der Waals surface area contributed by atoms with E-state index in [4.69, 9.17) is 0 Å². The highest BCUT2D eigenvalue weighted by atomic mass is 16.4. The number of carbonyl (C=O) groups is 2. The van der Waals surface area contributed by atoms with Crippen molar-refractivity contribution in [2.45, 2.75) is 40.3 Å². The van der Waals surface area contributed by atoms with E-state index in [9.17, 15) is 14.7 Å². The van der Waals surface area contributed by atoms with Gasteiger partial charge in [-0.1, -0.05) is 26.8 Å². The molecule has 6 heteroatoms. The molecule has 1 atom stereocenters. The van der Waals surface area contributed by atoms with E-state index in [1.54, 1.807) is 33.0 Å². The van der Waals surface area contributed by atoms with Crippen LogP contribution in [-0.4, -0.2) is 39.6 Å². The molecule has 1 heterocycles. The molecule has 0 aliphatic carbocycles. The highest BCUT2D eigenvalue weighted by molar-refractivity contribution is 5.83. The maximum atomic E-state index is 12.3. The van der Waals surface area contributed by atoms with Gasteiger partial charge in [0.2, 0.25) is 0 Å². The number of hydrogen-bond donors (Lipinski definition) is 2. The van der Waals surface area contributed by atoms with Gasteiger partial charge in [-0.2, -0.15) is 0 Å². The Balaban J connectivity index is 2.77. The fourth-order valence-electron chi connectivity index (χ4n) is 1.88. The molecule has 1 aromatic rings. The standard InChI is InChI=1S/C15H23N3O3/c1-5-18(10-11-8-6-7-9-16-11)14(21)17-12(13(19)20)15(2,3)4/h6-9,12H,5,10H2,1-4H3,(H,17,21)(H,19,20)/t12-/m1/s1. The predicted octanol–water partition coefficient (Wildman–Crippen LogP) is 2.11. The first-order chi connectivity index (χ1) is 9.75. The molecule has 0 fully saturated rings. The SMILES string of the molecule is CCN(Cc1ccccn1)C(=O)N[C@H](C(=O)O)C(C)(C)C. The number of amides is 2. The average Bonchev–Trinajstić information content (AvgIpc) is 2.41. The number of urea groups is 1. The Bertz CT molecular complexity index is 483. The smallest absolute Gasteiger partial charge is 0.326 e. The van der Waals surface area contributed by atoms with Gasteiger partial charge in [-0.3, -0.25) is 4.98 Å². The highest BCUT2D eigenvalue weighted by Gasteiger charge is 2.33. The molecule has 0 radical (unpaired) electrons. The summed E-state index contributed by atoms with van der Waals surface area (Å²) in [6.45, 7) is 8.00. The van der Waals surface area contributed by atoms with Crippen LogP contribution in [0.15, 0.2) is 24.4 Å². The molecular weight excluding hydrogens is 270 g/mol. The van der Waals surface area contributed by atoms with Crippen LogP contribution in [0, 0.1) is 5.41 Å². The van der Waals surface area contributed by atoms with E-state index in [1.165, 1.54) is 4.90 Å². The van der Waals surface area contributed by atoms with Crippen molar-refractivity contribution >= 4 is 12.0 Å². The third kappa shape index (κ3) is 5.06. The number of pyridine rings is 1. The van der Waals surface area contributed by atoms with Crippen LogP contribution >= 0.6 is 0 Å². The van der Waals surface area contributed by atoms with Crippen LogP contribution in [-0.2, 0) is 11.3 Å².